The highest BCUT2D eigenvalue weighted by atomic mass is 35.5. The van der Waals surface area contributed by atoms with Crippen LogP contribution in [0.25, 0.3) is 0 Å². The van der Waals surface area contributed by atoms with E-state index in [9.17, 15) is 14.4 Å². The first kappa shape index (κ1) is 25.8. The minimum atomic E-state index is -0.458. The third kappa shape index (κ3) is 6.88. The lowest BCUT2D eigenvalue weighted by Crippen LogP contribution is -2.53. The van der Waals surface area contributed by atoms with Crippen molar-refractivity contribution < 1.29 is 19.1 Å². The second kappa shape index (κ2) is 11.6. The topological polar surface area (TPSA) is 73.4 Å². The van der Waals surface area contributed by atoms with Gasteiger partial charge in [-0.3, -0.25) is 14.4 Å². The number of piperidine rings is 1. The highest BCUT2D eigenvalue weighted by Gasteiger charge is 2.41. The van der Waals surface area contributed by atoms with E-state index in [-0.39, 0.29) is 17.7 Å². The number of piperazine rings is 1. The van der Waals surface area contributed by atoms with E-state index in [2.05, 4.69) is 11.9 Å². The lowest BCUT2D eigenvalue weighted by molar-refractivity contribution is -0.143. The Kier molecular flexibility index (Phi) is 8.55. The number of halogens is 1. The number of benzene rings is 1. The quantitative estimate of drug-likeness (QED) is 0.544. The average molecular weight is 505 g/mol. The summed E-state index contributed by atoms with van der Waals surface area (Å²) in [7, 11) is 2.07. The largest absolute Gasteiger partial charge is 0.493 e. The lowest BCUT2D eigenvalue weighted by Gasteiger charge is -2.43. The number of carbonyl (C=O) groups is 3. The number of ether oxygens (including phenoxy) is 1. The van der Waals surface area contributed by atoms with Gasteiger partial charge in [-0.15, -0.1) is 0 Å². The highest BCUT2D eigenvalue weighted by molar-refractivity contribution is 6.30. The molecule has 3 aliphatic rings. The Hall–Kier alpha value is -2.32. The molecule has 3 fully saturated rings. The number of likely N-dealkylation sites (tertiary alicyclic amines) is 2. The number of nitrogens with zero attached hydrogens (tertiary/aromatic N) is 4. The summed E-state index contributed by atoms with van der Waals surface area (Å²) in [5, 5.41) is 0.599. The molecule has 35 heavy (non-hydrogen) atoms. The van der Waals surface area contributed by atoms with Crippen molar-refractivity contribution in [3.8, 4) is 5.75 Å². The van der Waals surface area contributed by atoms with E-state index in [1.165, 1.54) is 0 Å². The maximum Gasteiger partial charge on any atom is 0.224 e. The van der Waals surface area contributed by atoms with E-state index in [4.69, 9.17) is 16.3 Å². The van der Waals surface area contributed by atoms with Crippen molar-refractivity contribution in [1.82, 2.24) is 19.6 Å². The second-order valence-corrected chi connectivity index (χ2v) is 10.7. The van der Waals surface area contributed by atoms with E-state index in [1.807, 2.05) is 21.9 Å². The maximum atomic E-state index is 13.3. The first-order valence-corrected chi connectivity index (χ1v) is 13.1. The molecule has 3 aliphatic heterocycles. The zero-order chi connectivity index (χ0) is 24.8. The number of hydrogen-bond donors (Lipinski definition) is 0. The van der Waals surface area contributed by atoms with Crippen LogP contribution < -0.4 is 4.74 Å². The van der Waals surface area contributed by atoms with Crippen LogP contribution in [0.4, 0.5) is 0 Å². The molecule has 9 heteroatoms. The molecule has 0 radical (unpaired) electrons. The van der Waals surface area contributed by atoms with E-state index in [0.717, 1.165) is 52.0 Å². The number of rotatable bonds is 8. The Labute approximate surface area is 213 Å². The van der Waals surface area contributed by atoms with E-state index >= 15 is 0 Å². The summed E-state index contributed by atoms with van der Waals surface area (Å²) in [6, 6.07) is 7.28. The van der Waals surface area contributed by atoms with Gasteiger partial charge in [0.05, 0.1) is 6.61 Å². The molecule has 1 aromatic rings. The van der Waals surface area contributed by atoms with E-state index < -0.39 is 5.41 Å². The Bertz CT molecular complexity index is 920. The Balaban J connectivity index is 1.43. The van der Waals surface area contributed by atoms with Crippen LogP contribution in [0.2, 0.25) is 5.02 Å². The monoisotopic (exact) mass is 504 g/mol. The fourth-order valence-corrected chi connectivity index (χ4v) is 5.53. The van der Waals surface area contributed by atoms with Gasteiger partial charge in [0.15, 0.2) is 0 Å². The van der Waals surface area contributed by atoms with Crippen LogP contribution >= 0.6 is 11.6 Å². The predicted octanol–water partition coefficient (Wildman–Crippen LogP) is 2.50. The van der Waals surface area contributed by atoms with Gasteiger partial charge in [-0.25, -0.2) is 0 Å². The number of carbonyl (C=O) groups excluding carboxylic acids is 3. The minimum absolute atomic E-state index is 0.0450. The molecular formula is C26H37ClN4O4. The molecule has 3 heterocycles. The molecule has 0 saturated carbocycles. The van der Waals surface area contributed by atoms with Gasteiger partial charge in [0.2, 0.25) is 17.7 Å². The fourth-order valence-electron chi connectivity index (χ4n) is 5.34. The molecule has 1 aromatic carbocycles. The standard InChI is InChI=1S/C26H37ClN4O4/c1-28-13-15-30(16-14-28)25(34)18-26(20-35-22-6-2-5-21(27)17-22)9-4-11-31(19-26)24(33)8-12-29-10-3-7-23(29)32/h2,5-6,17H,3-4,7-16,18-20H2,1H3/t26-/m1/s1. The Morgan fingerprint density at radius 3 is 2.54 bits per heavy atom. The van der Waals surface area contributed by atoms with Crippen LogP contribution in [0.5, 0.6) is 5.75 Å². The molecule has 8 nitrogen and oxygen atoms in total. The number of amides is 3. The smallest absolute Gasteiger partial charge is 0.224 e. The second-order valence-electron chi connectivity index (χ2n) is 10.3. The summed E-state index contributed by atoms with van der Waals surface area (Å²) < 4.78 is 6.16. The zero-order valence-corrected chi connectivity index (χ0v) is 21.5. The molecule has 4 rings (SSSR count). The van der Waals surface area contributed by atoms with E-state index in [0.29, 0.717) is 56.3 Å². The predicted molar refractivity (Wildman–Crippen MR) is 134 cm³/mol. The van der Waals surface area contributed by atoms with Crippen molar-refractivity contribution in [2.45, 2.75) is 38.5 Å². The molecule has 0 aliphatic carbocycles. The minimum Gasteiger partial charge on any atom is -0.493 e. The molecule has 0 aromatic heterocycles. The maximum absolute atomic E-state index is 13.3. The summed E-state index contributed by atoms with van der Waals surface area (Å²) in [6.45, 7) is 5.92. The Morgan fingerprint density at radius 1 is 1.03 bits per heavy atom. The van der Waals surface area contributed by atoms with Crippen molar-refractivity contribution >= 4 is 29.3 Å². The molecule has 0 unspecified atom stereocenters. The highest BCUT2D eigenvalue weighted by Crippen LogP contribution is 2.36. The van der Waals surface area contributed by atoms with Crippen molar-refractivity contribution in [2.24, 2.45) is 5.41 Å². The van der Waals surface area contributed by atoms with Crippen molar-refractivity contribution in [2.75, 3.05) is 66.0 Å². The third-order valence-corrected chi connectivity index (χ3v) is 7.74. The molecule has 1 atom stereocenters. The van der Waals surface area contributed by atoms with Crippen LogP contribution in [-0.2, 0) is 14.4 Å². The van der Waals surface area contributed by atoms with Crippen molar-refractivity contribution in [3.05, 3.63) is 29.3 Å². The van der Waals surface area contributed by atoms with Crippen molar-refractivity contribution in [3.63, 3.8) is 0 Å². The average Bonchev–Trinajstić information content (AvgIpc) is 3.26. The number of hydrogen-bond acceptors (Lipinski definition) is 5. The van der Waals surface area contributed by atoms with Crippen LogP contribution in [0.3, 0.4) is 0 Å². The van der Waals surface area contributed by atoms with Crippen molar-refractivity contribution in [1.29, 1.82) is 0 Å². The molecule has 0 spiro atoms. The summed E-state index contributed by atoms with van der Waals surface area (Å²) in [4.78, 5) is 46.2. The van der Waals surface area contributed by atoms with Crippen LogP contribution in [-0.4, -0.2) is 103 Å². The molecule has 192 valence electrons. The third-order valence-electron chi connectivity index (χ3n) is 7.50. The first-order chi connectivity index (χ1) is 16.8. The molecular weight excluding hydrogens is 468 g/mol. The first-order valence-electron chi connectivity index (χ1n) is 12.7. The fraction of sp³-hybridized carbons (Fsp3) is 0.654. The lowest BCUT2D eigenvalue weighted by atomic mass is 9.77. The van der Waals surface area contributed by atoms with Gasteiger partial charge < -0.3 is 24.3 Å². The van der Waals surface area contributed by atoms with Gasteiger partial charge in [0.1, 0.15) is 5.75 Å². The van der Waals surface area contributed by atoms with Crippen LogP contribution in [0, 0.1) is 5.41 Å². The van der Waals surface area contributed by atoms with Crippen LogP contribution in [0.1, 0.15) is 38.5 Å². The molecule has 3 saturated heterocycles. The molecule has 0 bridgehead atoms. The zero-order valence-electron chi connectivity index (χ0n) is 20.7. The van der Waals surface area contributed by atoms with Gasteiger partial charge in [0.25, 0.3) is 0 Å². The van der Waals surface area contributed by atoms with Crippen LogP contribution in [0.15, 0.2) is 24.3 Å². The van der Waals surface area contributed by atoms with Gasteiger partial charge in [-0.2, -0.15) is 0 Å². The van der Waals surface area contributed by atoms with Gasteiger partial charge >= 0.3 is 0 Å². The summed E-state index contributed by atoms with van der Waals surface area (Å²) >= 11 is 6.14. The Morgan fingerprint density at radius 2 is 1.83 bits per heavy atom. The van der Waals surface area contributed by atoms with Gasteiger partial charge in [-0.1, -0.05) is 17.7 Å². The normalized spacial score (nSPS) is 23.6. The van der Waals surface area contributed by atoms with Gasteiger partial charge in [0, 0.05) is 82.1 Å². The number of likely N-dealkylation sites (N-methyl/N-ethyl adjacent to an activating group) is 1. The van der Waals surface area contributed by atoms with E-state index in [1.54, 1.807) is 17.0 Å². The SMILES string of the molecule is CN1CCN(C(=O)C[C@]2(COc3cccc(Cl)c3)CCCN(C(=O)CCN3CCCC3=O)C2)CC1. The molecule has 3 amide bonds. The molecule has 0 N–H and O–H groups in total. The van der Waals surface area contributed by atoms with Gasteiger partial charge in [-0.05, 0) is 44.5 Å². The summed E-state index contributed by atoms with van der Waals surface area (Å²) in [5.74, 6) is 0.978. The summed E-state index contributed by atoms with van der Waals surface area (Å²) in [6.07, 6.45) is 3.77. The summed E-state index contributed by atoms with van der Waals surface area (Å²) in [5.41, 5.74) is -0.458.